The Kier molecular flexibility index (Phi) is 3.08. The summed E-state index contributed by atoms with van der Waals surface area (Å²) in [5.74, 6) is 1.55. The molecule has 0 radical (unpaired) electrons. The van der Waals surface area contributed by atoms with Gasteiger partial charge in [-0.2, -0.15) is 5.26 Å². The lowest BCUT2D eigenvalue weighted by Gasteiger charge is -2.41. The number of anilines is 1. The highest BCUT2D eigenvalue weighted by Gasteiger charge is 2.34. The van der Waals surface area contributed by atoms with Crippen molar-refractivity contribution in [1.82, 2.24) is 10.3 Å². The van der Waals surface area contributed by atoms with E-state index in [0.717, 1.165) is 31.7 Å². The molecule has 1 N–H and O–H groups in total. The van der Waals surface area contributed by atoms with Crippen molar-refractivity contribution in [2.45, 2.75) is 25.3 Å². The van der Waals surface area contributed by atoms with Crippen LogP contribution in [-0.2, 0) is 4.79 Å². The fourth-order valence-corrected chi connectivity index (χ4v) is 2.98. The van der Waals surface area contributed by atoms with E-state index < -0.39 is 0 Å². The van der Waals surface area contributed by atoms with E-state index in [9.17, 15) is 4.79 Å². The summed E-state index contributed by atoms with van der Waals surface area (Å²) < 4.78 is 0. The molecule has 2 aliphatic heterocycles. The van der Waals surface area contributed by atoms with Gasteiger partial charge in [-0.25, -0.2) is 4.98 Å². The molecule has 5 nitrogen and oxygen atoms in total. The van der Waals surface area contributed by atoms with Gasteiger partial charge in [-0.1, -0.05) is 6.07 Å². The minimum Gasteiger partial charge on any atom is -0.356 e. The number of pyridine rings is 1. The fourth-order valence-electron chi connectivity index (χ4n) is 2.98. The van der Waals surface area contributed by atoms with E-state index >= 15 is 0 Å². The maximum absolute atomic E-state index is 11.4. The minimum absolute atomic E-state index is 0.180. The van der Waals surface area contributed by atoms with Crippen LogP contribution in [0.1, 0.15) is 25.0 Å². The zero-order chi connectivity index (χ0) is 13.2. The van der Waals surface area contributed by atoms with Gasteiger partial charge >= 0.3 is 0 Å². The third-order valence-electron chi connectivity index (χ3n) is 4.00. The van der Waals surface area contributed by atoms with Gasteiger partial charge in [0.25, 0.3) is 0 Å². The summed E-state index contributed by atoms with van der Waals surface area (Å²) in [6.07, 6.45) is 2.53. The van der Waals surface area contributed by atoms with E-state index in [1.54, 1.807) is 6.07 Å². The number of nitrogens with one attached hydrogen (secondary N) is 1. The number of fused-ring (bicyclic) bond motifs is 1. The first kappa shape index (κ1) is 12.0. The van der Waals surface area contributed by atoms with Crippen molar-refractivity contribution in [3.63, 3.8) is 0 Å². The Hall–Kier alpha value is -2.09. The first-order valence-electron chi connectivity index (χ1n) is 6.68. The van der Waals surface area contributed by atoms with Crippen molar-refractivity contribution < 1.29 is 4.79 Å². The second-order valence-corrected chi connectivity index (χ2v) is 5.20. The summed E-state index contributed by atoms with van der Waals surface area (Å²) in [5, 5.41) is 12.0. The van der Waals surface area contributed by atoms with E-state index in [2.05, 4.69) is 21.3 Å². The number of piperidine rings is 2. The van der Waals surface area contributed by atoms with E-state index in [1.807, 2.05) is 12.1 Å². The van der Waals surface area contributed by atoms with Crippen molar-refractivity contribution >= 4 is 11.7 Å². The molecular weight excluding hydrogens is 240 g/mol. The van der Waals surface area contributed by atoms with Gasteiger partial charge in [0, 0.05) is 25.6 Å². The third-order valence-corrected chi connectivity index (χ3v) is 4.00. The molecule has 1 aromatic heterocycles. The van der Waals surface area contributed by atoms with Crippen LogP contribution in [0, 0.1) is 17.2 Å². The summed E-state index contributed by atoms with van der Waals surface area (Å²) in [5.41, 5.74) is 0.455. The molecule has 2 aliphatic rings. The SMILES string of the molecule is N#Cc1cccc(N2CCC3NC(=O)CCC3C2)n1. The molecule has 2 atom stereocenters. The van der Waals surface area contributed by atoms with Gasteiger partial charge in [0.2, 0.25) is 5.91 Å². The van der Waals surface area contributed by atoms with Crippen molar-refractivity contribution in [3.05, 3.63) is 23.9 Å². The molecule has 1 amide bonds. The number of carbonyl (C=O) groups excluding carboxylic acids is 1. The van der Waals surface area contributed by atoms with Crippen LogP contribution in [0.4, 0.5) is 5.82 Å². The zero-order valence-corrected chi connectivity index (χ0v) is 10.7. The van der Waals surface area contributed by atoms with Gasteiger partial charge < -0.3 is 10.2 Å². The molecule has 1 aromatic rings. The van der Waals surface area contributed by atoms with Gasteiger partial charge in [-0.05, 0) is 30.9 Å². The molecule has 0 bridgehead atoms. The lowest BCUT2D eigenvalue weighted by atomic mass is 9.85. The largest absolute Gasteiger partial charge is 0.356 e. The Labute approximate surface area is 112 Å². The van der Waals surface area contributed by atoms with Crippen molar-refractivity contribution in [2.75, 3.05) is 18.0 Å². The number of nitrogens with zero attached hydrogens (tertiary/aromatic N) is 3. The summed E-state index contributed by atoms with van der Waals surface area (Å²) in [4.78, 5) is 17.9. The summed E-state index contributed by atoms with van der Waals surface area (Å²) in [7, 11) is 0. The standard InChI is InChI=1S/C14H16N4O/c15-8-11-2-1-3-13(16-11)18-7-6-12-10(9-18)4-5-14(19)17-12/h1-3,10,12H,4-7,9H2,(H,17,19). The highest BCUT2D eigenvalue weighted by atomic mass is 16.1. The maximum atomic E-state index is 11.4. The molecule has 19 heavy (non-hydrogen) atoms. The normalized spacial score (nSPS) is 26.3. The lowest BCUT2D eigenvalue weighted by molar-refractivity contribution is -0.124. The monoisotopic (exact) mass is 256 g/mol. The first-order chi connectivity index (χ1) is 9.26. The Morgan fingerprint density at radius 3 is 3.16 bits per heavy atom. The highest BCUT2D eigenvalue weighted by molar-refractivity contribution is 5.77. The van der Waals surface area contributed by atoms with Crippen molar-refractivity contribution in [3.8, 4) is 6.07 Å². The van der Waals surface area contributed by atoms with Crippen LogP contribution in [0.25, 0.3) is 0 Å². The maximum Gasteiger partial charge on any atom is 0.220 e. The molecule has 0 aliphatic carbocycles. The molecule has 2 saturated heterocycles. The van der Waals surface area contributed by atoms with Crippen LogP contribution in [0.3, 0.4) is 0 Å². The van der Waals surface area contributed by atoms with Gasteiger partial charge in [0.1, 0.15) is 17.6 Å². The summed E-state index contributed by atoms with van der Waals surface area (Å²) >= 11 is 0. The number of rotatable bonds is 1. The number of carbonyl (C=O) groups is 1. The van der Waals surface area contributed by atoms with Crippen LogP contribution in [0.15, 0.2) is 18.2 Å². The average molecular weight is 256 g/mol. The van der Waals surface area contributed by atoms with Crippen LogP contribution in [-0.4, -0.2) is 30.0 Å². The molecule has 0 aromatic carbocycles. The molecule has 3 rings (SSSR count). The van der Waals surface area contributed by atoms with Crippen LogP contribution in [0.2, 0.25) is 0 Å². The van der Waals surface area contributed by atoms with E-state index in [0.29, 0.717) is 24.1 Å². The predicted molar refractivity (Wildman–Crippen MR) is 70.4 cm³/mol. The van der Waals surface area contributed by atoms with Gasteiger partial charge in [0.05, 0.1) is 0 Å². The average Bonchev–Trinajstić information content (AvgIpc) is 2.46. The van der Waals surface area contributed by atoms with Gasteiger partial charge in [-0.15, -0.1) is 0 Å². The molecule has 0 saturated carbocycles. The zero-order valence-electron chi connectivity index (χ0n) is 10.7. The minimum atomic E-state index is 0.180. The molecule has 2 unspecified atom stereocenters. The van der Waals surface area contributed by atoms with E-state index in [4.69, 9.17) is 5.26 Å². The molecule has 5 heteroatoms. The number of amides is 1. The predicted octanol–water partition coefficient (Wildman–Crippen LogP) is 1.06. The third kappa shape index (κ3) is 2.39. The Bertz CT molecular complexity index is 536. The summed E-state index contributed by atoms with van der Waals surface area (Å²) in [6.45, 7) is 1.79. The smallest absolute Gasteiger partial charge is 0.220 e. The molecule has 3 heterocycles. The van der Waals surface area contributed by atoms with Crippen LogP contribution in [0.5, 0.6) is 0 Å². The number of aromatic nitrogens is 1. The number of hydrogen-bond donors (Lipinski definition) is 1. The second-order valence-electron chi connectivity index (χ2n) is 5.20. The number of hydrogen-bond acceptors (Lipinski definition) is 4. The second kappa shape index (κ2) is 4.88. The molecule has 98 valence electrons. The van der Waals surface area contributed by atoms with Gasteiger partial charge in [-0.3, -0.25) is 4.79 Å². The Morgan fingerprint density at radius 2 is 2.32 bits per heavy atom. The lowest BCUT2D eigenvalue weighted by Crippen LogP contribution is -2.54. The fraction of sp³-hybridized carbons (Fsp3) is 0.500. The topological polar surface area (TPSA) is 69.0 Å². The van der Waals surface area contributed by atoms with Crippen molar-refractivity contribution in [2.24, 2.45) is 5.92 Å². The van der Waals surface area contributed by atoms with Gasteiger partial charge in [0.15, 0.2) is 0 Å². The molecule has 2 fully saturated rings. The van der Waals surface area contributed by atoms with Crippen LogP contribution < -0.4 is 10.2 Å². The Balaban J connectivity index is 1.74. The molecular formula is C14H16N4O. The van der Waals surface area contributed by atoms with E-state index in [1.165, 1.54) is 0 Å². The Morgan fingerprint density at radius 1 is 1.42 bits per heavy atom. The van der Waals surface area contributed by atoms with Crippen molar-refractivity contribution in [1.29, 1.82) is 5.26 Å². The highest BCUT2D eigenvalue weighted by Crippen LogP contribution is 2.27. The van der Waals surface area contributed by atoms with E-state index in [-0.39, 0.29) is 5.91 Å². The quantitative estimate of drug-likeness (QED) is 0.815. The number of nitriles is 1. The van der Waals surface area contributed by atoms with Crippen LogP contribution >= 0.6 is 0 Å². The first-order valence-corrected chi connectivity index (χ1v) is 6.68. The summed E-state index contributed by atoms with van der Waals surface area (Å²) in [6, 6.07) is 7.93. The molecule has 0 spiro atoms.